The second-order valence-corrected chi connectivity index (χ2v) is 5.00. The zero-order valence-corrected chi connectivity index (χ0v) is 11.6. The average molecular weight is 276 g/mol. The number of likely N-dealkylation sites (tertiary alicyclic amines) is 1. The van der Waals surface area contributed by atoms with Crippen LogP contribution in [-0.4, -0.2) is 48.3 Å². The molecule has 2 atom stereocenters. The van der Waals surface area contributed by atoms with Crippen LogP contribution in [0.3, 0.4) is 0 Å². The van der Waals surface area contributed by atoms with Crippen LogP contribution in [0.15, 0.2) is 34.9 Å². The summed E-state index contributed by atoms with van der Waals surface area (Å²) in [6.45, 7) is 1.54. The van der Waals surface area contributed by atoms with Crippen molar-refractivity contribution in [3.63, 3.8) is 0 Å². The third-order valence-electron chi connectivity index (χ3n) is 3.54. The van der Waals surface area contributed by atoms with Crippen molar-refractivity contribution in [2.45, 2.75) is 31.4 Å². The Hall–Kier alpha value is -1.77. The predicted octanol–water partition coefficient (Wildman–Crippen LogP) is 0.468. The highest BCUT2D eigenvalue weighted by Gasteiger charge is 2.26. The number of nitrogens with two attached hydrogens (primary N) is 1. The Bertz CT molecular complexity index is 505. The van der Waals surface area contributed by atoms with E-state index in [0.717, 1.165) is 25.9 Å². The molecule has 2 rings (SSSR count). The highest BCUT2D eigenvalue weighted by molar-refractivity contribution is 5.82. The highest BCUT2D eigenvalue weighted by Crippen LogP contribution is 2.15. The molecular weight excluding hydrogens is 256 g/mol. The molecule has 0 unspecified atom stereocenters. The molecule has 0 aromatic heterocycles. The molecule has 0 spiro atoms. The van der Waals surface area contributed by atoms with Gasteiger partial charge in [0.15, 0.2) is 5.76 Å². The maximum atomic E-state index is 12.1. The molecule has 1 fully saturated rings. The Morgan fingerprint density at radius 1 is 1.45 bits per heavy atom. The van der Waals surface area contributed by atoms with Crippen LogP contribution in [0, 0.1) is 0 Å². The molecular formula is C15H20N2O3. The van der Waals surface area contributed by atoms with Crippen LogP contribution in [0.5, 0.6) is 0 Å². The van der Waals surface area contributed by atoms with Gasteiger partial charge >= 0.3 is 0 Å². The minimum absolute atomic E-state index is 0.0842. The number of hydrogen-bond acceptors (Lipinski definition) is 4. The molecule has 0 aromatic carbocycles. The monoisotopic (exact) mass is 276 g/mol. The van der Waals surface area contributed by atoms with E-state index in [9.17, 15) is 9.90 Å². The number of carbonyl (C=O) groups is 1. The fourth-order valence-electron chi connectivity index (χ4n) is 2.34. The van der Waals surface area contributed by atoms with E-state index in [4.69, 9.17) is 10.5 Å². The predicted molar refractivity (Wildman–Crippen MR) is 74.6 cm³/mol. The van der Waals surface area contributed by atoms with E-state index >= 15 is 0 Å². The van der Waals surface area contributed by atoms with Crippen molar-refractivity contribution in [1.29, 1.82) is 0 Å². The van der Waals surface area contributed by atoms with E-state index in [0.29, 0.717) is 11.3 Å². The Labute approximate surface area is 118 Å². The van der Waals surface area contributed by atoms with E-state index in [2.05, 4.69) is 11.5 Å². The van der Waals surface area contributed by atoms with E-state index in [1.165, 1.54) is 0 Å². The van der Waals surface area contributed by atoms with Gasteiger partial charge in [0.1, 0.15) is 0 Å². The fourth-order valence-corrected chi connectivity index (χ4v) is 2.34. The minimum atomic E-state index is -0.821. The number of nitrogens with zero attached hydrogens (tertiary/aromatic N) is 1. The first-order valence-electron chi connectivity index (χ1n) is 6.82. The molecule has 108 valence electrons. The lowest BCUT2D eigenvalue weighted by atomic mass is 10.0. The van der Waals surface area contributed by atoms with Gasteiger partial charge in [-0.2, -0.15) is 0 Å². The molecule has 3 N–H and O–H groups in total. The normalized spacial score (nSPS) is 20.4. The molecule has 1 amide bonds. The van der Waals surface area contributed by atoms with Crippen molar-refractivity contribution < 1.29 is 14.6 Å². The van der Waals surface area contributed by atoms with Gasteiger partial charge in [-0.3, -0.25) is 4.79 Å². The Morgan fingerprint density at radius 3 is 2.70 bits per heavy atom. The van der Waals surface area contributed by atoms with Crippen LogP contribution in [0.1, 0.15) is 19.3 Å². The lowest BCUT2D eigenvalue weighted by Gasteiger charge is -2.22. The topological polar surface area (TPSA) is 75.8 Å². The van der Waals surface area contributed by atoms with Gasteiger partial charge in [0.2, 0.25) is 5.91 Å². The van der Waals surface area contributed by atoms with Gasteiger partial charge in [-0.25, -0.2) is 0 Å². The number of carbonyl (C=O) groups excluding carboxylic acids is 1. The van der Waals surface area contributed by atoms with Gasteiger partial charge in [0.05, 0.1) is 19.3 Å². The summed E-state index contributed by atoms with van der Waals surface area (Å²) < 4.78 is 4.98. The molecule has 5 nitrogen and oxygen atoms in total. The second-order valence-electron chi connectivity index (χ2n) is 5.00. The number of allylic oxidation sites excluding steroid dienone is 1. The van der Waals surface area contributed by atoms with Crippen LogP contribution < -0.4 is 5.73 Å². The first-order valence-corrected chi connectivity index (χ1v) is 6.82. The largest absolute Gasteiger partial charge is 0.489 e. The molecule has 1 aliphatic heterocycles. The van der Waals surface area contributed by atoms with Gasteiger partial charge in [0.25, 0.3) is 0 Å². The third-order valence-corrected chi connectivity index (χ3v) is 3.54. The Balaban J connectivity index is 1.96. The highest BCUT2D eigenvalue weighted by atomic mass is 16.5. The van der Waals surface area contributed by atoms with Crippen molar-refractivity contribution in [3.05, 3.63) is 34.9 Å². The summed E-state index contributed by atoms with van der Waals surface area (Å²) in [5, 5.41) is 10.1. The van der Waals surface area contributed by atoms with E-state index in [-0.39, 0.29) is 12.3 Å². The zero-order valence-electron chi connectivity index (χ0n) is 11.6. The maximum absolute atomic E-state index is 12.1. The average Bonchev–Trinajstić information content (AvgIpc) is 3.00. The lowest BCUT2D eigenvalue weighted by molar-refractivity contribution is -0.132. The lowest BCUT2D eigenvalue weighted by Crippen LogP contribution is -2.44. The molecule has 1 heterocycles. The van der Waals surface area contributed by atoms with Gasteiger partial charge in [0, 0.05) is 25.1 Å². The fraction of sp³-hybridized carbons (Fsp3) is 0.533. The van der Waals surface area contributed by atoms with E-state index < -0.39 is 12.1 Å². The number of ether oxygens (including phenoxy) is 1. The number of hydrogen-bond donors (Lipinski definition) is 2. The first-order chi connectivity index (χ1) is 9.61. The molecule has 1 aliphatic carbocycles. The summed E-state index contributed by atoms with van der Waals surface area (Å²) in [5.74, 6) is 0.470. The van der Waals surface area contributed by atoms with Crippen molar-refractivity contribution in [3.8, 4) is 0 Å². The minimum Gasteiger partial charge on any atom is -0.489 e. The van der Waals surface area contributed by atoms with Crippen molar-refractivity contribution in [2.75, 3.05) is 20.2 Å². The molecule has 1 saturated heterocycles. The molecule has 0 bridgehead atoms. The SMILES string of the molecule is COC1=C=C=C([C@H](O)C[C@@H](N)C(=O)N2CCCC2)C=C1. The Morgan fingerprint density at radius 2 is 2.15 bits per heavy atom. The van der Waals surface area contributed by atoms with Crippen molar-refractivity contribution >= 4 is 5.91 Å². The van der Waals surface area contributed by atoms with Crippen LogP contribution in [0.4, 0.5) is 0 Å². The second kappa shape index (κ2) is 6.60. The van der Waals surface area contributed by atoms with Crippen LogP contribution in [0.25, 0.3) is 0 Å². The summed E-state index contributed by atoms with van der Waals surface area (Å²) in [7, 11) is 1.54. The van der Waals surface area contributed by atoms with E-state index in [1.807, 2.05) is 0 Å². The van der Waals surface area contributed by atoms with Crippen LogP contribution in [0.2, 0.25) is 0 Å². The van der Waals surface area contributed by atoms with Gasteiger partial charge in [-0.05, 0) is 30.7 Å². The Kier molecular flexibility index (Phi) is 4.83. The van der Waals surface area contributed by atoms with Crippen LogP contribution in [-0.2, 0) is 9.53 Å². The smallest absolute Gasteiger partial charge is 0.239 e. The number of aliphatic hydroxyl groups is 1. The summed E-state index contributed by atoms with van der Waals surface area (Å²) in [6, 6.07) is -0.682. The molecule has 5 heteroatoms. The van der Waals surface area contributed by atoms with Gasteiger partial charge in [-0.1, -0.05) is 5.73 Å². The van der Waals surface area contributed by atoms with Gasteiger partial charge < -0.3 is 20.5 Å². The summed E-state index contributed by atoms with van der Waals surface area (Å²) in [6.07, 6.45) is 4.82. The zero-order chi connectivity index (χ0) is 14.5. The molecule has 0 radical (unpaired) electrons. The quantitative estimate of drug-likeness (QED) is 0.716. The first kappa shape index (κ1) is 14.6. The van der Waals surface area contributed by atoms with Crippen molar-refractivity contribution in [2.24, 2.45) is 5.73 Å². The summed E-state index contributed by atoms with van der Waals surface area (Å²) in [4.78, 5) is 13.8. The number of rotatable bonds is 5. The molecule has 0 saturated carbocycles. The molecule has 0 aromatic rings. The summed E-state index contributed by atoms with van der Waals surface area (Å²) in [5.41, 5.74) is 12.1. The van der Waals surface area contributed by atoms with Crippen LogP contribution >= 0.6 is 0 Å². The number of amides is 1. The standard InChI is InChI=1S/C15H20N2O3/c1-20-12-6-4-11(5-7-12)14(18)10-13(16)15(19)17-8-2-3-9-17/h4,6,13-14,18H,2-3,8-10,16H2,1H3/t13-,14-/m1/s1. The maximum Gasteiger partial charge on any atom is 0.239 e. The number of methoxy groups -OCH3 is 1. The molecule has 20 heavy (non-hydrogen) atoms. The van der Waals surface area contributed by atoms with Gasteiger partial charge in [-0.15, -0.1) is 0 Å². The molecule has 2 aliphatic rings. The van der Waals surface area contributed by atoms with Crippen molar-refractivity contribution in [1.82, 2.24) is 4.90 Å². The summed E-state index contributed by atoms with van der Waals surface area (Å²) >= 11 is 0. The van der Waals surface area contributed by atoms with E-state index in [1.54, 1.807) is 24.2 Å². The number of aliphatic hydroxyl groups excluding tert-OH is 1. The third kappa shape index (κ3) is 3.41.